The molecule has 7 nitrogen and oxygen atoms in total. The van der Waals surface area contributed by atoms with Crippen molar-refractivity contribution < 1.29 is 18.3 Å². The molecule has 2 aromatic carbocycles. The van der Waals surface area contributed by atoms with Gasteiger partial charge in [-0.15, -0.1) is 0 Å². The summed E-state index contributed by atoms with van der Waals surface area (Å²) in [5.41, 5.74) is 3.00. The molecule has 2 aromatic rings. The van der Waals surface area contributed by atoms with Gasteiger partial charge in [0, 0.05) is 6.04 Å². The molecule has 3 rings (SSSR count). The highest BCUT2D eigenvalue weighted by Crippen LogP contribution is 2.27. The number of hydrogen-bond acceptors (Lipinski definition) is 5. The lowest BCUT2D eigenvalue weighted by Gasteiger charge is -2.32. The number of carbonyl (C=O) groups excluding carboxylic acids is 1. The summed E-state index contributed by atoms with van der Waals surface area (Å²) in [6, 6.07) is 14.4. The molecule has 1 fully saturated rings. The van der Waals surface area contributed by atoms with E-state index in [1.165, 1.54) is 22.7 Å². The van der Waals surface area contributed by atoms with Crippen molar-refractivity contribution in [1.82, 2.24) is 9.73 Å². The van der Waals surface area contributed by atoms with Gasteiger partial charge in [0.2, 0.25) is 10.0 Å². The Bertz CT molecular complexity index is 955. The van der Waals surface area contributed by atoms with E-state index in [2.05, 4.69) is 10.5 Å². The Labute approximate surface area is 171 Å². The number of hydrazone groups is 1. The average molecular weight is 416 g/mol. The molecule has 1 aliphatic carbocycles. The van der Waals surface area contributed by atoms with Crippen LogP contribution in [0, 0.1) is 0 Å². The fraction of sp³-hybridized carbons (Fsp3) is 0.333. The highest BCUT2D eigenvalue weighted by Gasteiger charge is 2.33. The van der Waals surface area contributed by atoms with E-state index in [1.54, 1.807) is 42.5 Å². The van der Waals surface area contributed by atoms with E-state index in [1.807, 2.05) is 0 Å². The number of nitrogens with zero attached hydrogens (tertiary/aromatic N) is 2. The number of nitrogens with one attached hydrogen (secondary N) is 1. The summed E-state index contributed by atoms with van der Waals surface area (Å²) >= 11 is 0. The van der Waals surface area contributed by atoms with Gasteiger partial charge >= 0.3 is 0 Å². The molecule has 0 saturated heterocycles. The minimum absolute atomic E-state index is 0.0951. The van der Waals surface area contributed by atoms with Crippen LogP contribution in [-0.4, -0.2) is 42.5 Å². The van der Waals surface area contributed by atoms with Gasteiger partial charge in [-0.1, -0.05) is 49.6 Å². The lowest BCUT2D eigenvalue weighted by Crippen LogP contribution is -2.46. The Hall–Kier alpha value is -2.71. The van der Waals surface area contributed by atoms with Crippen LogP contribution < -0.4 is 5.43 Å². The van der Waals surface area contributed by atoms with E-state index in [0.717, 1.165) is 32.1 Å². The molecule has 8 heteroatoms. The molecule has 0 aromatic heterocycles. The van der Waals surface area contributed by atoms with Crippen molar-refractivity contribution in [2.45, 2.75) is 43.0 Å². The number of aromatic hydroxyl groups is 1. The summed E-state index contributed by atoms with van der Waals surface area (Å²) in [6.07, 6.45) is 5.85. The molecule has 0 atom stereocenters. The van der Waals surface area contributed by atoms with Crippen LogP contribution in [0.1, 0.15) is 37.7 Å². The Balaban J connectivity index is 1.73. The lowest BCUT2D eigenvalue weighted by atomic mass is 9.95. The minimum Gasteiger partial charge on any atom is -0.508 e. The van der Waals surface area contributed by atoms with Crippen molar-refractivity contribution in [1.29, 1.82) is 0 Å². The third-order valence-electron chi connectivity index (χ3n) is 4.90. The summed E-state index contributed by atoms with van der Waals surface area (Å²) in [4.78, 5) is 12.6. The molecule has 0 radical (unpaired) electrons. The molecule has 0 spiro atoms. The number of phenolic OH excluding ortho intramolecular Hbond substituents is 1. The van der Waals surface area contributed by atoms with E-state index < -0.39 is 15.9 Å². The number of hydrogen-bond donors (Lipinski definition) is 2. The topological polar surface area (TPSA) is 99.1 Å². The molecule has 0 heterocycles. The molecule has 0 unspecified atom stereocenters. The van der Waals surface area contributed by atoms with Gasteiger partial charge in [-0.05, 0) is 42.7 Å². The standard InChI is InChI=1S/C21H25N3O4S/c25-19-11-7-8-17(14-19)15-22-23-21(26)16-24(18-9-3-1-4-10-18)29(27,28)20-12-5-2-6-13-20/h2,5-8,11-15,18,25H,1,3-4,9-10,16H2,(H,23,26)/b22-15+. The third-order valence-corrected chi connectivity index (χ3v) is 6.82. The fourth-order valence-electron chi connectivity index (χ4n) is 3.47. The van der Waals surface area contributed by atoms with Crippen LogP contribution in [-0.2, 0) is 14.8 Å². The molecule has 0 bridgehead atoms. The first-order valence-electron chi connectivity index (χ1n) is 9.64. The van der Waals surface area contributed by atoms with Crippen molar-refractivity contribution in [3.8, 4) is 5.75 Å². The summed E-state index contributed by atoms with van der Waals surface area (Å²) in [5.74, 6) is -0.413. The Morgan fingerprint density at radius 3 is 2.52 bits per heavy atom. The maximum Gasteiger partial charge on any atom is 0.255 e. The van der Waals surface area contributed by atoms with E-state index in [9.17, 15) is 18.3 Å². The largest absolute Gasteiger partial charge is 0.508 e. The number of rotatable bonds is 7. The van der Waals surface area contributed by atoms with Crippen LogP contribution in [0.15, 0.2) is 64.6 Å². The lowest BCUT2D eigenvalue weighted by molar-refractivity contribution is -0.121. The minimum atomic E-state index is -3.79. The first kappa shape index (κ1) is 21.0. The molecular weight excluding hydrogens is 390 g/mol. The van der Waals surface area contributed by atoms with Crippen molar-refractivity contribution in [3.63, 3.8) is 0 Å². The second-order valence-electron chi connectivity index (χ2n) is 7.04. The van der Waals surface area contributed by atoms with Gasteiger partial charge in [0.25, 0.3) is 5.91 Å². The smallest absolute Gasteiger partial charge is 0.255 e. The van der Waals surface area contributed by atoms with Gasteiger partial charge in [0.1, 0.15) is 5.75 Å². The van der Waals surface area contributed by atoms with Gasteiger partial charge in [0.15, 0.2) is 0 Å². The van der Waals surface area contributed by atoms with Gasteiger partial charge in [-0.3, -0.25) is 4.79 Å². The first-order chi connectivity index (χ1) is 14.0. The van der Waals surface area contributed by atoms with Gasteiger partial charge in [-0.2, -0.15) is 9.41 Å². The Kier molecular flexibility index (Phi) is 7.00. The summed E-state index contributed by atoms with van der Waals surface area (Å²) < 4.78 is 27.7. The van der Waals surface area contributed by atoms with E-state index in [-0.39, 0.29) is 23.2 Å². The quantitative estimate of drug-likeness (QED) is 0.536. The second kappa shape index (κ2) is 9.67. The van der Waals surface area contributed by atoms with Crippen LogP contribution in [0.4, 0.5) is 0 Å². The number of amides is 1. The number of carbonyl (C=O) groups is 1. The molecule has 154 valence electrons. The monoisotopic (exact) mass is 415 g/mol. The van der Waals surface area contributed by atoms with Crippen LogP contribution in [0.25, 0.3) is 0 Å². The van der Waals surface area contributed by atoms with Crippen LogP contribution in [0.5, 0.6) is 5.75 Å². The number of phenols is 1. The van der Waals surface area contributed by atoms with Gasteiger partial charge in [-0.25, -0.2) is 13.8 Å². The molecule has 1 saturated carbocycles. The van der Waals surface area contributed by atoms with Crippen molar-refractivity contribution in [2.75, 3.05) is 6.54 Å². The molecule has 1 amide bonds. The Morgan fingerprint density at radius 1 is 1.10 bits per heavy atom. The van der Waals surface area contributed by atoms with Gasteiger partial charge < -0.3 is 5.11 Å². The predicted molar refractivity (Wildman–Crippen MR) is 111 cm³/mol. The highest BCUT2D eigenvalue weighted by molar-refractivity contribution is 7.89. The third kappa shape index (κ3) is 5.65. The van der Waals surface area contributed by atoms with Crippen LogP contribution in [0.3, 0.4) is 0 Å². The maximum atomic E-state index is 13.2. The molecule has 29 heavy (non-hydrogen) atoms. The summed E-state index contributed by atoms with van der Waals surface area (Å²) in [6.45, 7) is -0.292. The normalized spacial score (nSPS) is 15.6. The summed E-state index contributed by atoms with van der Waals surface area (Å²) in [5, 5.41) is 13.3. The SMILES string of the molecule is O=C(CN(C1CCCCC1)S(=O)(=O)c1ccccc1)N/N=C/c1cccc(O)c1. The summed E-state index contributed by atoms with van der Waals surface area (Å²) in [7, 11) is -3.79. The molecule has 0 aliphatic heterocycles. The van der Waals surface area contributed by atoms with Crippen molar-refractivity contribution in [3.05, 3.63) is 60.2 Å². The number of benzene rings is 2. The van der Waals surface area contributed by atoms with E-state index >= 15 is 0 Å². The molecule has 2 N–H and O–H groups in total. The maximum absolute atomic E-state index is 13.2. The predicted octanol–water partition coefficient (Wildman–Crippen LogP) is 2.87. The second-order valence-corrected chi connectivity index (χ2v) is 8.93. The Morgan fingerprint density at radius 2 is 1.83 bits per heavy atom. The van der Waals surface area contributed by atoms with Crippen molar-refractivity contribution >= 4 is 22.1 Å². The molecule has 1 aliphatic rings. The van der Waals surface area contributed by atoms with E-state index in [0.29, 0.717) is 5.56 Å². The zero-order valence-corrected chi connectivity index (χ0v) is 16.9. The zero-order chi connectivity index (χ0) is 20.7. The van der Waals surface area contributed by atoms with Crippen LogP contribution >= 0.6 is 0 Å². The van der Waals surface area contributed by atoms with Gasteiger partial charge in [0.05, 0.1) is 17.7 Å². The number of sulfonamides is 1. The fourth-order valence-corrected chi connectivity index (χ4v) is 5.13. The first-order valence-corrected chi connectivity index (χ1v) is 11.1. The molecular formula is C21H25N3O4S. The highest BCUT2D eigenvalue weighted by atomic mass is 32.2. The van der Waals surface area contributed by atoms with Crippen molar-refractivity contribution in [2.24, 2.45) is 5.10 Å². The zero-order valence-electron chi connectivity index (χ0n) is 16.1. The van der Waals surface area contributed by atoms with E-state index in [4.69, 9.17) is 0 Å². The average Bonchev–Trinajstić information content (AvgIpc) is 2.73. The van der Waals surface area contributed by atoms with Crippen LogP contribution in [0.2, 0.25) is 0 Å².